The molecule has 142 valence electrons. The van der Waals surface area contributed by atoms with Gasteiger partial charge in [-0.2, -0.15) is 0 Å². The van der Waals surface area contributed by atoms with E-state index in [-0.39, 0.29) is 5.54 Å². The molecule has 0 atom stereocenters. The lowest BCUT2D eigenvalue weighted by atomic mass is 9.84. The molecule has 0 unspecified atom stereocenters. The maximum Gasteiger partial charge on any atom is 0.127 e. The smallest absolute Gasteiger partial charge is 0.127 e. The van der Waals surface area contributed by atoms with Crippen LogP contribution in [0.4, 0.5) is 11.4 Å². The number of aliphatic imine (C=N–C) groups is 1. The van der Waals surface area contributed by atoms with Crippen molar-refractivity contribution in [2.75, 3.05) is 30.8 Å². The highest BCUT2D eigenvalue weighted by Crippen LogP contribution is 2.40. The summed E-state index contributed by atoms with van der Waals surface area (Å²) in [7, 11) is 2.16. The Bertz CT molecular complexity index is 888. The summed E-state index contributed by atoms with van der Waals surface area (Å²) in [6.07, 6.45) is 3.79. The number of anilines is 2. The predicted octanol–water partition coefficient (Wildman–Crippen LogP) is 4.60. The first kappa shape index (κ1) is 18.5. The molecule has 2 aliphatic heterocycles. The van der Waals surface area contributed by atoms with Crippen molar-refractivity contribution in [3.8, 4) is 0 Å². The maximum absolute atomic E-state index is 6.24. The molecule has 7 heteroatoms. The molecule has 1 aromatic carbocycles. The van der Waals surface area contributed by atoms with Gasteiger partial charge in [-0.3, -0.25) is 9.98 Å². The Labute approximate surface area is 169 Å². The van der Waals surface area contributed by atoms with Crippen molar-refractivity contribution < 1.29 is 0 Å². The Morgan fingerprint density at radius 2 is 1.85 bits per heavy atom. The molecule has 2 aromatic rings. The van der Waals surface area contributed by atoms with Crippen molar-refractivity contribution in [2.24, 2.45) is 4.99 Å². The lowest BCUT2D eigenvalue weighted by Crippen LogP contribution is -2.58. The number of aryl methyl sites for hydroxylation is 1. The average Bonchev–Trinajstić information content (AvgIpc) is 2.64. The fourth-order valence-corrected chi connectivity index (χ4v) is 4.07. The number of pyridine rings is 1. The molecule has 1 saturated heterocycles. The number of fused-ring (bicyclic) bond motifs is 1. The number of benzene rings is 1. The number of nitrogens with one attached hydrogen (secondary N) is 2. The quantitative estimate of drug-likeness (QED) is 0.769. The molecule has 1 fully saturated rings. The van der Waals surface area contributed by atoms with Crippen LogP contribution in [-0.2, 0) is 6.54 Å². The van der Waals surface area contributed by atoms with E-state index in [1.54, 1.807) is 0 Å². The van der Waals surface area contributed by atoms with E-state index in [4.69, 9.17) is 28.2 Å². The van der Waals surface area contributed by atoms with Crippen LogP contribution in [0.25, 0.3) is 0 Å². The highest BCUT2D eigenvalue weighted by molar-refractivity contribution is 6.42. The number of hydrogen-bond donors (Lipinski definition) is 2. The Kier molecular flexibility index (Phi) is 5.01. The molecule has 2 N–H and O–H groups in total. The lowest BCUT2D eigenvalue weighted by molar-refractivity contribution is 0.240. The number of nitrogens with zero attached hydrogens (tertiary/aromatic N) is 3. The van der Waals surface area contributed by atoms with Gasteiger partial charge < -0.3 is 15.5 Å². The van der Waals surface area contributed by atoms with E-state index < -0.39 is 0 Å². The van der Waals surface area contributed by atoms with E-state index in [0.29, 0.717) is 16.6 Å². The van der Waals surface area contributed by atoms with Gasteiger partial charge in [0.2, 0.25) is 0 Å². The van der Waals surface area contributed by atoms with Gasteiger partial charge in [0.15, 0.2) is 0 Å². The van der Waals surface area contributed by atoms with Crippen LogP contribution in [0.15, 0.2) is 35.5 Å². The van der Waals surface area contributed by atoms with Gasteiger partial charge in [0.1, 0.15) is 5.84 Å². The molecule has 0 radical (unpaired) electrons. The Balaban J connectivity index is 1.69. The molecule has 0 aliphatic carbocycles. The van der Waals surface area contributed by atoms with Gasteiger partial charge in [-0.25, -0.2) is 0 Å². The molecule has 2 aliphatic rings. The van der Waals surface area contributed by atoms with Crippen LogP contribution >= 0.6 is 23.2 Å². The van der Waals surface area contributed by atoms with E-state index in [0.717, 1.165) is 54.4 Å². The van der Waals surface area contributed by atoms with E-state index >= 15 is 0 Å². The minimum Gasteiger partial charge on any atom is -0.371 e. The number of halogens is 2. The van der Waals surface area contributed by atoms with Gasteiger partial charge in [-0.05, 0) is 56.6 Å². The minimum atomic E-state index is -0.210. The van der Waals surface area contributed by atoms with E-state index in [2.05, 4.69) is 33.6 Å². The third kappa shape index (κ3) is 3.77. The van der Waals surface area contributed by atoms with Gasteiger partial charge in [0.05, 0.1) is 33.5 Å². The molecule has 4 rings (SSSR count). The van der Waals surface area contributed by atoms with Crippen LogP contribution in [0, 0.1) is 6.92 Å². The fourth-order valence-electron chi connectivity index (χ4n) is 3.74. The molecule has 3 heterocycles. The maximum atomic E-state index is 6.24. The number of piperidine rings is 1. The van der Waals surface area contributed by atoms with Crippen LogP contribution in [0.1, 0.15) is 24.1 Å². The molecule has 5 nitrogen and oxygen atoms in total. The minimum absolute atomic E-state index is 0.210. The molecule has 27 heavy (non-hydrogen) atoms. The SMILES string of the molecule is Cc1cc(CN=C2Nc3cc(Cl)c(Cl)cc3NC23CCN(C)CC3)ccn1. The summed E-state index contributed by atoms with van der Waals surface area (Å²) in [5.41, 5.74) is 3.84. The third-order valence-electron chi connectivity index (χ3n) is 5.36. The van der Waals surface area contributed by atoms with Crippen LogP contribution in [0.2, 0.25) is 10.0 Å². The first-order valence-corrected chi connectivity index (χ1v) is 9.90. The third-order valence-corrected chi connectivity index (χ3v) is 6.08. The number of rotatable bonds is 2. The summed E-state index contributed by atoms with van der Waals surface area (Å²) in [6.45, 7) is 4.64. The fraction of sp³-hybridized carbons (Fsp3) is 0.400. The summed E-state index contributed by atoms with van der Waals surface area (Å²) >= 11 is 12.5. The number of amidine groups is 1. The second-order valence-corrected chi connectivity index (χ2v) is 8.23. The molecule has 1 spiro atoms. The van der Waals surface area contributed by atoms with Crippen LogP contribution in [-0.4, -0.2) is 41.4 Å². The van der Waals surface area contributed by atoms with Crippen molar-refractivity contribution in [3.63, 3.8) is 0 Å². The summed E-state index contributed by atoms with van der Waals surface area (Å²) in [5, 5.41) is 8.35. The lowest BCUT2D eigenvalue weighted by Gasteiger charge is -2.46. The molecule has 0 saturated carbocycles. The van der Waals surface area contributed by atoms with Gasteiger partial charge in [0, 0.05) is 25.0 Å². The number of aromatic nitrogens is 1. The zero-order valence-corrected chi connectivity index (χ0v) is 17.0. The van der Waals surface area contributed by atoms with Crippen molar-refractivity contribution in [3.05, 3.63) is 51.8 Å². The first-order chi connectivity index (χ1) is 12.9. The standard InChI is InChI=1S/C20H23Cl2N5/c1-13-9-14(3-6-23-13)12-24-19-20(4-7-27(2)8-5-20)26-18-11-16(22)15(21)10-17(18)25-19/h3,6,9-11,26H,4-5,7-8,12H2,1-2H3,(H,24,25). The van der Waals surface area contributed by atoms with Gasteiger partial charge in [-0.1, -0.05) is 23.2 Å². The zero-order valence-electron chi connectivity index (χ0n) is 15.5. The normalized spacial score (nSPS) is 20.2. The topological polar surface area (TPSA) is 52.6 Å². The van der Waals surface area contributed by atoms with Crippen molar-refractivity contribution in [1.82, 2.24) is 9.88 Å². The average molecular weight is 404 g/mol. The molecular weight excluding hydrogens is 381 g/mol. The Hall–Kier alpha value is -1.82. The summed E-state index contributed by atoms with van der Waals surface area (Å²) in [5.74, 6) is 0.968. The zero-order chi connectivity index (χ0) is 19.0. The largest absolute Gasteiger partial charge is 0.371 e. The van der Waals surface area contributed by atoms with Gasteiger partial charge in [0.25, 0.3) is 0 Å². The van der Waals surface area contributed by atoms with Crippen molar-refractivity contribution >= 4 is 40.4 Å². The number of likely N-dealkylation sites (tertiary alicyclic amines) is 1. The highest BCUT2D eigenvalue weighted by atomic mass is 35.5. The number of hydrogen-bond acceptors (Lipinski definition) is 4. The Morgan fingerprint density at radius 1 is 1.15 bits per heavy atom. The van der Waals surface area contributed by atoms with Crippen LogP contribution in [0.5, 0.6) is 0 Å². The van der Waals surface area contributed by atoms with E-state index in [1.165, 1.54) is 0 Å². The Morgan fingerprint density at radius 3 is 2.56 bits per heavy atom. The molecular formula is C20H23Cl2N5. The first-order valence-electron chi connectivity index (χ1n) is 9.14. The van der Waals surface area contributed by atoms with Crippen molar-refractivity contribution in [1.29, 1.82) is 0 Å². The summed E-state index contributed by atoms with van der Waals surface area (Å²) in [6, 6.07) is 7.85. The van der Waals surface area contributed by atoms with Gasteiger partial charge in [-0.15, -0.1) is 0 Å². The molecule has 0 bridgehead atoms. The molecule has 1 aromatic heterocycles. The van der Waals surface area contributed by atoms with Crippen LogP contribution < -0.4 is 10.6 Å². The second-order valence-electron chi connectivity index (χ2n) is 7.42. The van der Waals surface area contributed by atoms with Gasteiger partial charge >= 0.3 is 0 Å². The van der Waals surface area contributed by atoms with E-state index in [9.17, 15) is 0 Å². The monoisotopic (exact) mass is 403 g/mol. The predicted molar refractivity (Wildman–Crippen MR) is 113 cm³/mol. The molecule has 0 amide bonds. The van der Waals surface area contributed by atoms with E-state index in [1.807, 2.05) is 31.3 Å². The van der Waals surface area contributed by atoms with Crippen LogP contribution in [0.3, 0.4) is 0 Å². The summed E-state index contributed by atoms with van der Waals surface area (Å²) < 4.78 is 0. The highest BCUT2D eigenvalue weighted by Gasteiger charge is 2.42. The second kappa shape index (κ2) is 7.30. The van der Waals surface area contributed by atoms with Crippen molar-refractivity contribution in [2.45, 2.75) is 31.8 Å². The summed E-state index contributed by atoms with van der Waals surface area (Å²) in [4.78, 5) is 11.6.